The Kier molecular flexibility index (Phi) is 2.77. The predicted octanol–water partition coefficient (Wildman–Crippen LogP) is 1.32. The van der Waals surface area contributed by atoms with Gasteiger partial charge in [0.1, 0.15) is 5.82 Å². The van der Waals surface area contributed by atoms with E-state index < -0.39 is 11.8 Å². The molecule has 0 aromatic heterocycles. The van der Waals surface area contributed by atoms with Crippen molar-refractivity contribution < 1.29 is 14.3 Å². The van der Waals surface area contributed by atoms with E-state index in [2.05, 4.69) is 12.6 Å². The molecule has 70 valence electrons. The Bertz CT molecular complexity index is 354. The fourth-order valence-electron chi connectivity index (χ4n) is 0.931. The van der Waals surface area contributed by atoms with Crippen LogP contribution in [0.5, 0.6) is 0 Å². The first-order valence-corrected chi connectivity index (χ1v) is 3.94. The van der Waals surface area contributed by atoms with Gasteiger partial charge in [-0.1, -0.05) is 0 Å². The predicted molar refractivity (Wildman–Crippen MR) is 49.4 cm³/mol. The van der Waals surface area contributed by atoms with Crippen molar-refractivity contribution in [2.24, 2.45) is 0 Å². The minimum absolute atomic E-state index is 0.0611. The third-order valence-electron chi connectivity index (χ3n) is 1.54. The van der Waals surface area contributed by atoms with Crippen molar-refractivity contribution in [2.45, 2.75) is 11.3 Å². The van der Waals surface area contributed by atoms with Gasteiger partial charge in [-0.25, -0.2) is 4.39 Å². The lowest BCUT2D eigenvalue weighted by Gasteiger charge is -2.04. The number of benzene rings is 1. The fourth-order valence-corrected chi connectivity index (χ4v) is 1.19. The molecule has 0 spiro atoms. The summed E-state index contributed by atoms with van der Waals surface area (Å²) < 4.78 is 12.8. The number of nitrogen functional groups attached to an aromatic ring is 1. The molecule has 0 unspecified atom stereocenters. The van der Waals surface area contributed by atoms with Crippen molar-refractivity contribution in [3.8, 4) is 0 Å². The lowest BCUT2D eigenvalue weighted by molar-refractivity contribution is -0.136. The molecule has 0 fully saturated rings. The molecule has 1 rings (SSSR count). The highest BCUT2D eigenvalue weighted by atomic mass is 32.1. The van der Waals surface area contributed by atoms with E-state index in [-0.39, 0.29) is 12.1 Å². The van der Waals surface area contributed by atoms with Gasteiger partial charge in [-0.2, -0.15) is 0 Å². The summed E-state index contributed by atoms with van der Waals surface area (Å²) in [6.07, 6.45) is -0.205. The van der Waals surface area contributed by atoms with E-state index in [0.717, 1.165) is 6.07 Å². The summed E-state index contributed by atoms with van der Waals surface area (Å²) in [6, 6.07) is 2.39. The number of rotatable bonds is 2. The van der Waals surface area contributed by atoms with Crippen LogP contribution < -0.4 is 5.73 Å². The number of carbonyl (C=O) groups is 1. The minimum atomic E-state index is -0.999. The van der Waals surface area contributed by atoms with E-state index in [9.17, 15) is 9.18 Å². The zero-order chi connectivity index (χ0) is 10.0. The van der Waals surface area contributed by atoms with E-state index in [1.807, 2.05) is 0 Å². The third kappa shape index (κ3) is 2.35. The number of carboxylic acids is 1. The smallest absolute Gasteiger partial charge is 0.307 e. The van der Waals surface area contributed by atoms with Crippen LogP contribution in [-0.2, 0) is 11.2 Å². The Hall–Kier alpha value is -1.23. The van der Waals surface area contributed by atoms with Crippen LogP contribution in [0.2, 0.25) is 0 Å². The van der Waals surface area contributed by atoms with Crippen LogP contribution in [0, 0.1) is 5.82 Å². The van der Waals surface area contributed by atoms with Crippen molar-refractivity contribution in [2.75, 3.05) is 5.73 Å². The van der Waals surface area contributed by atoms with Gasteiger partial charge in [-0.3, -0.25) is 4.79 Å². The molecular weight excluding hydrogens is 193 g/mol. The van der Waals surface area contributed by atoms with Gasteiger partial charge in [0.2, 0.25) is 0 Å². The van der Waals surface area contributed by atoms with Crippen LogP contribution in [0.25, 0.3) is 0 Å². The Morgan fingerprint density at radius 1 is 1.62 bits per heavy atom. The molecule has 5 heteroatoms. The second-order valence-corrected chi connectivity index (χ2v) is 3.05. The first-order chi connectivity index (χ1) is 6.00. The maximum atomic E-state index is 12.8. The molecule has 1 aromatic carbocycles. The molecule has 0 saturated carbocycles. The molecule has 0 aliphatic heterocycles. The Balaban J connectivity index is 3.08. The molecule has 0 aliphatic rings. The molecular formula is C8H8FNO2S. The molecule has 0 amide bonds. The largest absolute Gasteiger partial charge is 0.481 e. The minimum Gasteiger partial charge on any atom is -0.481 e. The van der Waals surface area contributed by atoms with Gasteiger partial charge in [-0.05, 0) is 17.7 Å². The molecule has 0 saturated heterocycles. The zero-order valence-corrected chi connectivity index (χ0v) is 7.51. The number of aliphatic carboxylic acids is 1. The lowest BCUT2D eigenvalue weighted by atomic mass is 10.1. The molecule has 0 aliphatic carbocycles. The number of nitrogens with two attached hydrogens (primary N) is 1. The van der Waals surface area contributed by atoms with Crippen LogP contribution in [0.3, 0.4) is 0 Å². The third-order valence-corrected chi connectivity index (χ3v) is 1.96. The molecule has 3 nitrogen and oxygen atoms in total. The molecule has 3 N–H and O–H groups in total. The van der Waals surface area contributed by atoms with Gasteiger partial charge >= 0.3 is 5.97 Å². The molecule has 0 radical (unpaired) electrons. The highest BCUT2D eigenvalue weighted by Gasteiger charge is 2.08. The monoisotopic (exact) mass is 201 g/mol. The highest BCUT2D eigenvalue weighted by Crippen LogP contribution is 2.21. The number of halogens is 1. The van der Waals surface area contributed by atoms with Crippen LogP contribution in [-0.4, -0.2) is 11.1 Å². The van der Waals surface area contributed by atoms with E-state index in [4.69, 9.17) is 10.8 Å². The number of anilines is 1. The SMILES string of the molecule is Nc1cc(CC(=O)O)c(S)cc1F. The van der Waals surface area contributed by atoms with Crippen molar-refractivity contribution in [3.63, 3.8) is 0 Å². The zero-order valence-electron chi connectivity index (χ0n) is 6.62. The van der Waals surface area contributed by atoms with Gasteiger partial charge in [0.25, 0.3) is 0 Å². The average Bonchev–Trinajstić information content (AvgIpc) is 1.99. The van der Waals surface area contributed by atoms with Gasteiger partial charge in [0.05, 0.1) is 12.1 Å². The molecule has 13 heavy (non-hydrogen) atoms. The van der Waals surface area contributed by atoms with Crippen LogP contribution in [0.15, 0.2) is 17.0 Å². The summed E-state index contributed by atoms with van der Waals surface area (Å²) in [5, 5.41) is 8.48. The first kappa shape index (κ1) is 9.85. The fraction of sp³-hybridized carbons (Fsp3) is 0.125. The quantitative estimate of drug-likeness (QED) is 0.499. The van der Waals surface area contributed by atoms with Crippen molar-refractivity contribution in [1.29, 1.82) is 0 Å². The summed E-state index contributed by atoms with van der Waals surface area (Å²) in [6.45, 7) is 0. The summed E-state index contributed by atoms with van der Waals surface area (Å²) in [5.74, 6) is -1.58. The van der Waals surface area contributed by atoms with Crippen molar-refractivity contribution in [1.82, 2.24) is 0 Å². The molecule has 0 bridgehead atoms. The highest BCUT2D eigenvalue weighted by molar-refractivity contribution is 7.80. The summed E-state index contributed by atoms with van der Waals surface area (Å²) in [4.78, 5) is 10.6. The van der Waals surface area contributed by atoms with E-state index >= 15 is 0 Å². The van der Waals surface area contributed by atoms with Crippen molar-refractivity contribution >= 4 is 24.3 Å². The number of carboxylic acid groups (broad SMARTS) is 1. The van der Waals surface area contributed by atoms with Crippen LogP contribution in [0.1, 0.15) is 5.56 Å². The summed E-state index contributed by atoms with van der Waals surface area (Å²) >= 11 is 3.93. The summed E-state index contributed by atoms with van der Waals surface area (Å²) in [5.41, 5.74) is 5.61. The van der Waals surface area contributed by atoms with E-state index in [1.54, 1.807) is 0 Å². The Morgan fingerprint density at radius 3 is 2.77 bits per heavy atom. The second kappa shape index (κ2) is 3.66. The van der Waals surface area contributed by atoms with Gasteiger partial charge < -0.3 is 10.8 Å². The number of hydrogen-bond donors (Lipinski definition) is 3. The normalized spacial score (nSPS) is 10.0. The molecule has 0 atom stereocenters. The van der Waals surface area contributed by atoms with Gasteiger partial charge in [0, 0.05) is 4.90 Å². The van der Waals surface area contributed by atoms with E-state index in [0.29, 0.717) is 10.5 Å². The number of thiol groups is 1. The standard InChI is InChI=1S/C8H8FNO2S/c9-5-3-7(13)4(1-6(5)10)2-8(11)12/h1,3,13H,2,10H2,(H,11,12). The van der Waals surface area contributed by atoms with Gasteiger partial charge in [-0.15, -0.1) is 12.6 Å². The second-order valence-electron chi connectivity index (χ2n) is 2.57. The lowest BCUT2D eigenvalue weighted by Crippen LogP contribution is -2.03. The number of hydrogen-bond acceptors (Lipinski definition) is 3. The first-order valence-electron chi connectivity index (χ1n) is 3.49. The van der Waals surface area contributed by atoms with Crippen LogP contribution in [0.4, 0.5) is 10.1 Å². The Morgan fingerprint density at radius 2 is 2.23 bits per heavy atom. The maximum Gasteiger partial charge on any atom is 0.307 e. The summed E-state index contributed by atoms with van der Waals surface area (Å²) in [7, 11) is 0. The molecule has 0 heterocycles. The molecule has 1 aromatic rings. The topological polar surface area (TPSA) is 63.3 Å². The van der Waals surface area contributed by atoms with E-state index in [1.165, 1.54) is 6.07 Å². The average molecular weight is 201 g/mol. The van der Waals surface area contributed by atoms with Gasteiger partial charge in [0.15, 0.2) is 0 Å². The van der Waals surface area contributed by atoms with Crippen LogP contribution >= 0.6 is 12.6 Å². The Labute approximate surface area is 79.8 Å². The van der Waals surface area contributed by atoms with Crippen molar-refractivity contribution in [3.05, 3.63) is 23.5 Å². The maximum absolute atomic E-state index is 12.8.